The molecule has 0 unspecified atom stereocenters. The number of carbonyl (C=O) groups is 1. The van der Waals surface area contributed by atoms with Gasteiger partial charge in [-0.25, -0.2) is 8.78 Å². The molecule has 0 saturated carbocycles. The van der Waals surface area contributed by atoms with Gasteiger partial charge in [0.25, 0.3) is 6.43 Å². The summed E-state index contributed by atoms with van der Waals surface area (Å²) >= 11 is 0. The Morgan fingerprint density at radius 1 is 1.42 bits per heavy atom. The lowest BCUT2D eigenvalue weighted by Gasteiger charge is -2.16. The molecule has 0 aromatic carbocycles. The second-order valence-corrected chi connectivity index (χ2v) is 3.25. The number of aromatic nitrogens is 1. The summed E-state index contributed by atoms with van der Waals surface area (Å²) in [5.74, 6) is -4.31. The second-order valence-electron chi connectivity index (χ2n) is 3.25. The molecule has 1 rings (SSSR count). The number of pyridine rings is 1. The van der Waals surface area contributed by atoms with Crippen LogP contribution in [0.1, 0.15) is 17.7 Å². The molecular weight excluding hydrogens is 281 g/mol. The molecule has 0 aliphatic carbocycles. The van der Waals surface area contributed by atoms with Crippen LogP contribution in [0.2, 0.25) is 0 Å². The van der Waals surface area contributed by atoms with E-state index in [0.717, 1.165) is 0 Å². The molecule has 1 aromatic rings. The normalized spacial score (nSPS) is 11.7. The number of aromatic hydroxyl groups is 1. The first-order valence-electron chi connectivity index (χ1n) is 4.58. The number of alkyl halides is 5. The number of nitrogens with zero attached hydrogens (tertiary/aromatic N) is 1. The maximum atomic E-state index is 12.6. The molecule has 0 saturated heterocycles. The fourth-order valence-electron chi connectivity index (χ4n) is 1.25. The fourth-order valence-corrected chi connectivity index (χ4v) is 1.25. The van der Waals surface area contributed by atoms with Crippen LogP contribution >= 0.6 is 0 Å². The summed E-state index contributed by atoms with van der Waals surface area (Å²) in [4.78, 5) is 13.6. The van der Waals surface area contributed by atoms with Crippen LogP contribution < -0.4 is 4.74 Å². The van der Waals surface area contributed by atoms with Crippen LogP contribution in [0.3, 0.4) is 0 Å². The Morgan fingerprint density at radius 3 is 2.42 bits per heavy atom. The van der Waals surface area contributed by atoms with Gasteiger partial charge in [0.15, 0.2) is 5.75 Å². The lowest BCUT2D eigenvalue weighted by molar-refractivity contribution is -0.275. The van der Waals surface area contributed by atoms with Crippen molar-refractivity contribution in [1.29, 1.82) is 0 Å². The molecule has 0 aliphatic heterocycles. The molecule has 0 radical (unpaired) electrons. The Bertz CT molecular complexity index is 488. The second kappa shape index (κ2) is 5.24. The number of carboxylic acids is 1. The summed E-state index contributed by atoms with van der Waals surface area (Å²) < 4.78 is 64.9. The predicted molar refractivity (Wildman–Crippen MR) is 48.9 cm³/mol. The van der Waals surface area contributed by atoms with Crippen molar-refractivity contribution in [2.24, 2.45) is 0 Å². The molecule has 0 amide bonds. The SMILES string of the molecule is O=C(O)Cc1ncc(O)c(C(F)F)c1OC(F)(F)F. The van der Waals surface area contributed by atoms with Gasteiger partial charge in [-0.2, -0.15) is 0 Å². The largest absolute Gasteiger partial charge is 0.573 e. The highest BCUT2D eigenvalue weighted by atomic mass is 19.4. The van der Waals surface area contributed by atoms with Gasteiger partial charge in [-0.05, 0) is 0 Å². The minimum absolute atomic E-state index is 0.434. The first-order valence-corrected chi connectivity index (χ1v) is 4.58. The summed E-state index contributed by atoms with van der Waals surface area (Å²) in [6.45, 7) is 0. The summed E-state index contributed by atoms with van der Waals surface area (Å²) in [7, 11) is 0. The fraction of sp³-hybridized carbons (Fsp3) is 0.333. The molecule has 0 fully saturated rings. The van der Waals surface area contributed by atoms with Gasteiger partial charge in [-0.1, -0.05) is 0 Å². The van der Waals surface area contributed by atoms with E-state index in [-0.39, 0.29) is 0 Å². The molecule has 10 heteroatoms. The van der Waals surface area contributed by atoms with E-state index in [4.69, 9.17) is 10.2 Å². The van der Waals surface area contributed by atoms with E-state index < -0.39 is 47.9 Å². The van der Waals surface area contributed by atoms with Crippen LogP contribution in [-0.4, -0.2) is 27.5 Å². The first-order chi connectivity index (χ1) is 8.61. The van der Waals surface area contributed by atoms with Crippen molar-refractivity contribution in [3.05, 3.63) is 17.5 Å². The van der Waals surface area contributed by atoms with Gasteiger partial charge in [0.05, 0.1) is 18.3 Å². The first kappa shape index (κ1) is 14.9. The highest BCUT2D eigenvalue weighted by Crippen LogP contribution is 2.40. The van der Waals surface area contributed by atoms with Crippen molar-refractivity contribution in [3.63, 3.8) is 0 Å². The Kier molecular flexibility index (Phi) is 4.12. The van der Waals surface area contributed by atoms with Crippen molar-refractivity contribution < 1.29 is 41.7 Å². The summed E-state index contributed by atoms with van der Waals surface area (Å²) in [6.07, 6.45) is -9.45. The average molecular weight is 287 g/mol. The zero-order valence-corrected chi connectivity index (χ0v) is 8.91. The van der Waals surface area contributed by atoms with Gasteiger partial charge < -0.3 is 14.9 Å². The molecule has 0 atom stereocenters. The van der Waals surface area contributed by atoms with E-state index in [0.29, 0.717) is 6.20 Å². The van der Waals surface area contributed by atoms with Crippen molar-refractivity contribution in [1.82, 2.24) is 4.98 Å². The van der Waals surface area contributed by atoms with E-state index >= 15 is 0 Å². The third-order valence-electron chi connectivity index (χ3n) is 1.88. The van der Waals surface area contributed by atoms with E-state index in [1.165, 1.54) is 0 Å². The monoisotopic (exact) mass is 287 g/mol. The van der Waals surface area contributed by atoms with Crippen LogP contribution in [0.15, 0.2) is 6.20 Å². The third-order valence-corrected chi connectivity index (χ3v) is 1.88. The number of hydrogen-bond donors (Lipinski definition) is 2. The van der Waals surface area contributed by atoms with Crippen molar-refractivity contribution in [3.8, 4) is 11.5 Å². The molecule has 0 bridgehead atoms. The molecule has 2 N–H and O–H groups in total. The third kappa shape index (κ3) is 3.93. The zero-order chi connectivity index (χ0) is 14.8. The number of hydrogen-bond acceptors (Lipinski definition) is 4. The highest BCUT2D eigenvalue weighted by Gasteiger charge is 2.36. The summed E-state index contributed by atoms with van der Waals surface area (Å²) in [6, 6.07) is 0. The minimum Gasteiger partial charge on any atom is -0.506 e. The Morgan fingerprint density at radius 2 is 2.00 bits per heavy atom. The van der Waals surface area contributed by atoms with E-state index in [9.17, 15) is 26.7 Å². The lowest BCUT2D eigenvalue weighted by Crippen LogP contribution is -2.20. The standard InChI is InChI=1S/C9H6F5NO4/c10-8(11)6-4(16)2-15-3(1-5(17)18)7(6)19-9(12,13)14/h2,8,16H,1H2,(H,17,18). The Labute approximate surface area is 102 Å². The van der Waals surface area contributed by atoms with Gasteiger partial charge in [0, 0.05) is 0 Å². The maximum absolute atomic E-state index is 12.6. The average Bonchev–Trinajstić information content (AvgIpc) is 2.18. The molecule has 0 aliphatic rings. The Balaban J connectivity index is 3.39. The van der Waals surface area contributed by atoms with Gasteiger partial charge in [-0.3, -0.25) is 9.78 Å². The van der Waals surface area contributed by atoms with Crippen LogP contribution in [-0.2, 0) is 11.2 Å². The molecule has 1 heterocycles. The topological polar surface area (TPSA) is 79.7 Å². The van der Waals surface area contributed by atoms with Crippen molar-refractivity contribution in [2.45, 2.75) is 19.2 Å². The number of ether oxygens (including phenoxy) is 1. The van der Waals surface area contributed by atoms with Crippen molar-refractivity contribution in [2.75, 3.05) is 0 Å². The predicted octanol–water partition coefficient (Wildman–Crippen LogP) is 2.25. The smallest absolute Gasteiger partial charge is 0.506 e. The van der Waals surface area contributed by atoms with Gasteiger partial charge in [0.2, 0.25) is 0 Å². The maximum Gasteiger partial charge on any atom is 0.573 e. The molecular formula is C9H6F5NO4. The highest BCUT2D eigenvalue weighted by molar-refractivity contribution is 5.71. The van der Waals surface area contributed by atoms with Crippen LogP contribution in [0.5, 0.6) is 11.5 Å². The summed E-state index contributed by atoms with van der Waals surface area (Å²) in [5.41, 5.74) is -2.32. The summed E-state index contributed by atoms with van der Waals surface area (Å²) in [5, 5.41) is 17.5. The number of carboxylic acid groups (broad SMARTS) is 1. The van der Waals surface area contributed by atoms with Crippen LogP contribution in [0.4, 0.5) is 22.0 Å². The zero-order valence-electron chi connectivity index (χ0n) is 8.91. The van der Waals surface area contributed by atoms with Crippen molar-refractivity contribution >= 4 is 5.97 Å². The molecule has 106 valence electrons. The lowest BCUT2D eigenvalue weighted by atomic mass is 10.1. The number of halogens is 5. The molecule has 19 heavy (non-hydrogen) atoms. The molecule has 1 aromatic heterocycles. The number of aliphatic carboxylic acids is 1. The van der Waals surface area contributed by atoms with Gasteiger partial charge >= 0.3 is 12.3 Å². The minimum atomic E-state index is -5.33. The van der Waals surface area contributed by atoms with Gasteiger partial charge in [-0.15, -0.1) is 13.2 Å². The van der Waals surface area contributed by atoms with E-state index in [1.54, 1.807) is 0 Å². The van der Waals surface area contributed by atoms with Crippen LogP contribution in [0, 0.1) is 0 Å². The number of rotatable bonds is 4. The molecule has 0 spiro atoms. The molecule has 5 nitrogen and oxygen atoms in total. The van der Waals surface area contributed by atoms with Gasteiger partial charge in [0.1, 0.15) is 11.3 Å². The van der Waals surface area contributed by atoms with E-state index in [2.05, 4.69) is 9.72 Å². The van der Waals surface area contributed by atoms with Crippen LogP contribution in [0.25, 0.3) is 0 Å². The quantitative estimate of drug-likeness (QED) is 0.830. The van der Waals surface area contributed by atoms with E-state index in [1.807, 2.05) is 0 Å². The Hall–Kier alpha value is -2.13.